The lowest BCUT2D eigenvalue weighted by molar-refractivity contribution is -0.138. The summed E-state index contributed by atoms with van der Waals surface area (Å²) in [5, 5.41) is 11.6. The molecular weight excluding hydrogens is 262 g/mol. The number of nitrogens with one attached hydrogen (secondary N) is 1. The summed E-state index contributed by atoms with van der Waals surface area (Å²) in [4.78, 5) is 22.8. The molecule has 0 radical (unpaired) electrons. The third-order valence-electron chi connectivity index (χ3n) is 3.06. The fraction of sp³-hybridized carbons (Fsp3) is 0.429. The molecule has 0 fully saturated rings. The molecule has 2 N–H and O–H groups in total. The monoisotopic (exact) mass is 281 g/mol. The quantitative estimate of drug-likeness (QED) is 0.665. The number of rotatable bonds is 7. The van der Waals surface area contributed by atoms with Gasteiger partial charge in [-0.05, 0) is 12.5 Å². The molecule has 0 aromatic heterocycles. The number of Topliss-reactive ketones (excluding diaryl/α,β-unsaturated/α-hetero) is 1. The molecule has 0 saturated carbocycles. The van der Waals surface area contributed by atoms with Gasteiger partial charge < -0.3 is 5.11 Å². The second kappa shape index (κ2) is 7.31. The number of aliphatic carboxylic acids is 1. The third kappa shape index (κ3) is 4.69. The summed E-state index contributed by atoms with van der Waals surface area (Å²) in [5.74, 6) is -1.12. The van der Waals surface area contributed by atoms with E-state index in [1.165, 1.54) is 0 Å². The summed E-state index contributed by atoms with van der Waals surface area (Å²) in [6, 6.07) is 6.97. The summed E-state index contributed by atoms with van der Waals surface area (Å²) < 4.78 is 0. The van der Waals surface area contributed by atoms with Crippen molar-refractivity contribution < 1.29 is 14.7 Å². The Balaban J connectivity index is 2.58. The topological polar surface area (TPSA) is 66.4 Å². The predicted molar refractivity (Wildman–Crippen MR) is 77.9 cm³/mol. The molecule has 1 unspecified atom stereocenters. The largest absolute Gasteiger partial charge is 0.480 e. The Kier molecular flexibility index (Phi) is 6.05. The zero-order valence-electron chi connectivity index (χ0n) is 11.1. The van der Waals surface area contributed by atoms with Gasteiger partial charge in [-0.25, -0.2) is 0 Å². The van der Waals surface area contributed by atoms with Crippen LogP contribution in [0.1, 0.15) is 24.0 Å². The molecule has 2 atom stereocenters. The molecule has 0 spiro atoms. The van der Waals surface area contributed by atoms with Crippen LogP contribution in [0.15, 0.2) is 24.3 Å². The Morgan fingerprint density at radius 1 is 1.32 bits per heavy atom. The number of benzene rings is 1. The van der Waals surface area contributed by atoms with Crippen LogP contribution >= 0.6 is 12.6 Å². The van der Waals surface area contributed by atoms with Gasteiger partial charge in [0.15, 0.2) is 5.78 Å². The molecule has 1 aromatic rings. The number of carbonyl (C=O) groups is 2. The highest BCUT2D eigenvalue weighted by molar-refractivity contribution is 7.80. The predicted octanol–water partition coefficient (Wildman–Crippen LogP) is 1.64. The zero-order valence-corrected chi connectivity index (χ0v) is 12.0. The van der Waals surface area contributed by atoms with Crippen LogP contribution in [0.2, 0.25) is 0 Å². The first kappa shape index (κ1) is 15.7. The van der Waals surface area contributed by atoms with E-state index in [-0.39, 0.29) is 24.0 Å². The average Bonchev–Trinajstić information content (AvgIpc) is 2.38. The van der Waals surface area contributed by atoms with E-state index in [1.54, 1.807) is 0 Å². The van der Waals surface area contributed by atoms with E-state index in [9.17, 15) is 9.59 Å². The molecule has 0 bridgehead atoms. The molecule has 5 heteroatoms. The van der Waals surface area contributed by atoms with Crippen molar-refractivity contribution in [2.75, 3.05) is 12.3 Å². The van der Waals surface area contributed by atoms with E-state index in [2.05, 4.69) is 17.9 Å². The minimum atomic E-state index is -0.995. The number of carbonyl (C=O) groups excluding carboxylic acids is 1. The molecular formula is C14H19NO3S. The fourth-order valence-electron chi connectivity index (χ4n) is 1.65. The van der Waals surface area contributed by atoms with Gasteiger partial charge in [0.05, 0.1) is 6.54 Å². The van der Waals surface area contributed by atoms with Gasteiger partial charge in [0, 0.05) is 11.7 Å². The van der Waals surface area contributed by atoms with E-state index in [4.69, 9.17) is 5.11 Å². The van der Waals surface area contributed by atoms with Crippen LogP contribution in [0.5, 0.6) is 0 Å². The number of hydrogen-bond acceptors (Lipinski definition) is 4. The SMILES string of the molecule is Cc1ccc(C(C)C(=O)CN[C@H](CS)C(=O)O)cc1. The van der Waals surface area contributed by atoms with E-state index in [0.29, 0.717) is 0 Å². The smallest absolute Gasteiger partial charge is 0.321 e. The molecule has 0 heterocycles. The van der Waals surface area contributed by atoms with Gasteiger partial charge in [0.25, 0.3) is 0 Å². The molecule has 104 valence electrons. The van der Waals surface area contributed by atoms with Crippen LogP contribution < -0.4 is 5.32 Å². The lowest BCUT2D eigenvalue weighted by Gasteiger charge is -2.15. The Bertz CT molecular complexity index is 445. The number of carboxylic acids is 1. The van der Waals surface area contributed by atoms with Gasteiger partial charge >= 0.3 is 5.97 Å². The summed E-state index contributed by atoms with van der Waals surface area (Å²) >= 11 is 3.94. The summed E-state index contributed by atoms with van der Waals surface area (Å²) in [6.07, 6.45) is 0. The van der Waals surface area contributed by atoms with E-state index < -0.39 is 12.0 Å². The standard InChI is InChI=1S/C14H19NO3S/c1-9-3-5-11(6-4-9)10(2)13(16)7-15-12(8-19)14(17)18/h3-6,10,12,15,19H,7-8H2,1-2H3,(H,17,18)/t10?,12-/m1/s1. The van der Waals surface area contributed by atoms with Gasteiger partial charge in [0.1, 0.15) is 6.04 Å². The van der Waals surface area contributed by atoms with Crippen molar-refractivity contribution in [1.29, 1.82) is 0 Å². The van der Waals surface area contributed by atoms with Crippen molar-refractivity contribution in [2.45, 2.75) is 25.8 Å². The molecule has 0 aliphatic heterocycles. The van der Waals surface area contributed by atoms with Crippen LogP contribution in [0.3, 0.4) is 0 Å². The minimum Gasteiger partial charge on any atom is -0.480 e. The van der Waals surface area contributed by atoms with Crippen molar-refractivity contribution in [1.82, 2.24) is 5.32 Å². The number of carboxylic acid groups (broad SMARTS) is 1. The van der Waals surface area contributed by atoms with Crippen LogP contribution in [-0.4, -0.2) is 35.2 Å². The third-order valence-corrected chi connectivity index (χ3v) is 3.43. The molecule has 19 heavy (non-hydrogen) atoms. The van der Waals surface area contributed by atoms with Crippen molar-refractivity contribution in [3.8, 4) is 0 Å². The van der Waals surface area contributed by atoms with Crippen molar-refractivity contribution in [3.63, 3.8) is 0 Å². The Morgan fingerprint density at radius 2 is 1.89 bits per heavy atom. The van der Waals surface area contributed by atoms with Crippen LogP contribution in [0.4, 0.5) is 0 Å². The van der Waals surface area contributed by atoms with Gasteiger partial charge in [-0.15, -0.1) is 0 Å². The van der Waals surface area contributed by atoms with Crippen molar-refractivity contribution in [2.24, 2.45) is 0 Å². The van der Waals surface area contributed by atoms with Crippen LogP contribution in [-0.2, 0) is 9.59 Å². The molecule has 1 rings (SSSR count). The molecule has 1 aromatic carbocycles. The maximum absolute atomic E-state index is 12.0. The zero-order chi connectivity index (χ0) is 14.4. The number of hydrogen-bond donors (Lipinski definition) is 3. The second-order valence-corrected chi connectivity index (χ2v) is 4.92. The maximum Gasteiger partial charge on any atom is 0.321 e. The number of ketones is 1. The van der Waals surface area contributed by atoms with Crippen molar-refractivity contribution in [3.05, 3.63) is 35.4 Å². The molecule has 0 aliphatic carbocycles. The minimum absolute atomic E-state index is 0.0307. The number of thiol groups is 1. The molecule has 4 nitrogen and oxygen atoms in total. The van der Waals surface area contributed by atoms with Gasteiger partial charge in [-0.3, -0.25) is 14.9 Å². The highest BCUT2D eigenvalue weighted by Crippen LogP contribution is 2.16. The average molecular weight is 281 g/mol. The first-order valence-electron chi connectivity index (χ1n) is 6.12. The maximum atomic E-state index is 12.0. The van der Waals surface area contributed by atoms with E-state index in [0.717, 1.165) is 11.1 Å². The summed E-state index contributed by atoms with van der Waals surface area (Å²) in [5.41, 5.74) is 2.08. The Morgan fingerprint density at radius 3 is 2.37 bits per heavy atom. The first-order chi connectivity index (χ1) is 8.95. The van der Waals surface area contributed by atoms with Crippen molar-refractivity contribution >= 4 is 24.4 Å². The van der Waals surface area contributed by atoms with Gasteiger partial charge in [0.2, 0.25) is 0 Å². The lowest BCUT2D eigenvalue weighted by atomic mass is 9.96. The highest BCUT2D eigenvalue weighted by atomic mass is 32.1. The molecule has 0 amide bonds. The van der Waals surface area contributed by atoms with Gasteiger partial charge in [-0.2, -0.15) is 12.6 Å². The second-order valence-electron chi connectivity index (χ2n) is 4.55. The Labute approximate surface area is 118 Å². The van der Waals surface area contributed by atoms with Crippen LogP contribution in [0.25, 0.3) is 0 Å². The summed E-state index contributed by atoms with van der Waals surface area (Å²) in [7, 11) is 0. The molecule has 0 saturated heterocycles. The fourth-order valence-corrected chi connectivity index (χ4v) is 1.93. The van der Waals surface area contributed by atoms with E-state index >= 15 is 0 Å². The van der Waals surface area contributed by atoms with E-state index in [1.807, 2.05) is 38.1 Å². The first-order valence-corrected chi connectivity index (χ1v) is 6.75. The Hall–Kier alpha value is -1.33. The lowest BCUT2D eigenvalue weighted by Crippen LogP contribution is -2.41. The normalized spacial score (nSPS) is 13.8. The molecule has 0 aliphatic rings. The van der Waals surface area contributed by atoms with Crippen LogP contribution in [0, 0.1) is 6.92 Å². The number of aryl methyl sites for hydroxylation is 1. The summed E-state index contributed by atoms with van der Waals surface area (Å²) in [6.45, 7) is 3.85. The highest BCUT2D eigenvalue weighted by Gasteiger charge is 2.19. The van der Waals surface area contributed by atoms with Gasteiger partial charge in [-0.1, -0.05) is 36.8 Å².